The first kappa shape index (κ1) is 19.5. The van der Waals surface area contributed by atoms with Crippen LogP contribution in [0.15, 0.2) is 43.0 Å². The summed E-state index contributed by atoms with van der Waals surface area (Å²) in [6.07, 6.45) is 10.9. The summed E-state index contributed by atoms with van der Waals surface area (Å²) in [5, 5.41) is 22.1. The van der Waals surface area contributed by atoms with Crippen LogP contribution >= 0.6 is 0 Å². The van der Waals surface area contributed by atoms with Crippen molar-refractivity contribution in [3.8, 4) is 5.75 Å². The highest BCUT2D eigenvalue weighted by Gasteiger charge is 2.23. The number of nitrogens with one attached hydrogen (secondary N) is 1. The van der Waals surface area contributed by atoms with E-state index in [9.17, 15) is 9.90 Å². The smallest absolute Gasteiger partial charge is 0.261 e. The second-order valence-corrected chi connectivity index (χ2v) is 7.98. The summed E-state index contributed by atoms with van der Waals surface area (Å²) >= 11 is 0. The summed E-state index contributed by atoms with van der Waals surface area (Å²) < 4.78 is 9.09. The molecule has 1 aliphatic rings. The zero-order chi connectivity index (χ0) is 21.4. The van der Waals surface area contributed by atoms with Crippen molar-refractivity contribution in [3.05, 3.63) is 48.5 Å². The number of amides is 1. The molecular weight excluding hydrogens is 396 g/mol. The quantitative estimate of drug-likeness (QED) is 0.514. The fourth-order valence-corrected chi connectivity index (χ4v) is 4.29. The number of rotatable bonds is 5. The number of methoxy groups -OCH3 is 1. The van der Waals surface area contributed by atoms with Gasteiger partial charge in [0.15, 0.2) is 5.65 Å². The van der Waals surface area contributed by atoms with E-state index in [0.29, 0.717) is 34.6 Å². The number of aromatic nitrogens is 5. The standard InChI is InChI=1S/C22H24N6O3/c1-31-20-10-18-15(12-28(26-18)16-5-3-14(13-29)4-6-16)9-19(20)25-22(30)17-11-24-27-8-2-7-23-21(17)27/h2,7-12,14,16,29H,3-6,13H2,1H3,(H,25,30). The third kappa shape index (κ3) is 3.61. The van der Waals surface area contributed by atoms with Gasteiger partial charge in [-0.2, -0.15) is 10.2 Å². The van der Waals surface area contributed by atoms with Crippen molar-refractivity contribution in [2.24, 2.45) is 5.92 Å². The number of nitrogens with zero attached hydrogens (tertiary/aromatic N) is 5. The molecular formula is C22H24N6O3. The van der Waals surface area contributed by atoms with Gasteiger partial charge in [0.05, 0.1) is 30.6 Å². The predicted octanol–water partition coefficient (Wildman–Crippen LogP) is 3.06. The summed E-state index contributed by atoms with van der Waals surface area (Å²) in [7, 11) is 1.57. The largest absolute Gasteiger partial charge is 0.494 e. The maximum absolute atomic E-state index is 12.9. The first-order chi connectivity index (χ1) is 15.2. The van der Waals surface area contributed by atoms with Gasteiger partial charge in [-0.25, -0.2) is 9.50 Å². The van der Waals surface area contributed by atoms with Crippen molar-refractivity contribution in [2.45, 2.75) is 31.7 Å². The molecule has 3 aromatic heterocycles. The fraction of sp³-hybridized carbons (Fsp3) is 0.364. The lowest BCUT2D eigenvalue weighted by atomic mass is 9.87. The van der Waals surface area contributed by atoms with Crippen molar-refractivity contribution in [3.63, 3.8) is 0 Å². The average Bonchev–Trinajstić information content (AvgIpc) is 3.42. The molecule has 4 aromatic rings. The zero-order valence-corrected chi connectivity index (χ0v) is 17.2. The second-order valence-electron chi connectivity index (χ2n) is 7.98. The van der Waals surface area contributed by atoms with Crippen molar-refractivity contribution < 1.29 is 14.6 Å². The van der Waals surface area contributed by atoms with E-state index in [0.717, 1.165) is 36.6 Å². The van der Waals surface area contributed by atoms with Crippen LogP contribution in [-0.2, 0) is 0 Å². The number of carbonyl (C=O) groups is 1. The highest BCUT2D eigenvalue weighted by molar-refractivity contribution is 6.09. The number of anilines is 1. The molecule has 1 saturated carbocycles. The van der Waals surface area contributed by atoms with Crippen molar-refractivity contribution in [1.29, 1.82) is 0 Å². The average molecular weight is 420 g/mol. The van der Waals surface area contributed by atoms with Gasteiger partial charge in [-0.3, -0.25) is 9.48 Å². The van der Waals surface area contributed by atoms with Crippen LogP contribution in [0.4, 0.5) is 5.69 Å². The van der Waals surface area contributed by atoms with Crippen molar-refractivity contribution in [2.75, 3.05) is 19.0 Å². The van der Waals surface area contributed by atoms with Gasteiger partial charge < -0.3 is 15.2 Å². The van der Waals surface area contributed by atoms with Crippen molar-refractivity contribution in [1.82, 2.24) is 24.4 Å². The van der Waals surface area contributed by atoms with E-state index in [2.05, 4.69) is 15.4 Å². The van der Waals surface area contributed by atoms with Gasteiger partial charge in [-0.1, -0.05) is 0 Å². The number of aliphatic hydroxyl groups excluding tert-OH is 1. The minimum atomic E-state index is -0.305. The van der Waals surface area contributed by atoms with Crippen LogP contribution in [0.3, 0.4) is 0 Å². The molecule has 0 unspecified atom stereocenters. The Kier molecular flexibility index (Phi) is 5.03. The first-order valence-electron chi connectivity index (χ1n) is 10.4. The molecule has 0 saturated heterocycles. The van der Waals surface area contributed by atoms with E-state index in [1.54, 1.807) is 30.1 Å². The van der Waals surface area contributed by atoms with E-state index >= 15 is 0 Å². The maximum atomic E-state index is 12.9. The first-order valence-corrected chi connectivity index (χ1v) is 10.4. The molecule has 1 aromatic carbocycles. The lowest BCUT2D eigenvalue weighted by molar-refractivity contribution is 0.102. The molecule has 0 radical (unpaired) electrons. The summed E-state index contributed by atoms with van der Waals surface area (Å²) in [6.45, 7) is 0.260. The van der Waals surface area contributed by atoms with Gasteiger partial charge in [-0.15, -0.1) is 0 Å². The van der Waals surface area contributed by atoms with Gasteiger partial charge in [0.1, 0.15) is 11.3 Å². The molecule has 0 bridgehead atoms. The molecule has 0 atom stereocenters. The number of ether oxygens (including phenoxy) is 1. The maximum Gasteiger partial charge on any atom is 0.261 e. The second kappa shape index (κ2) is 7.99. The minimum Gasteiger partial charge on any atom is -0.494 e. The Labute approximate surface area is 178 Å². The molecule has 2 N–H and O–H groups in total. The molecule has 0 aliphatic heterocycles. The Morgan fingerprint density at radius 1 is 1.29 bits per heavy atom. The van der Waals surface area contributed by atoms with Crippen LogP contribution in [0.25, 0.3) is 16.6 Å². The van der Waals surface area contributed by atoms with Gasteiger partial charge in [-0.05, 0) is 43.7 Å². The summed E-state index contributed by atoms with van der Waals surface area (Å²) in [4.78, 5) is 17.1. The van der Waals surface area contributed by atoms with E-state index in [1.165, 1.54) is 6.20 Å². The molecule has 1 aliphatic carbocycles. The Bertz CT molecular complexity index is 1240. The van der Waals surface area contributed by atoms with Crippen LogP contribution in [-0.4, -0.2) is 49.1 Å². The third-order valence-electron chi connectivity index (χ3n) is 6.06. The molecule has 31 heavy (non-hydrogen) atoms. The van der Waals surface area contributed by atoms with E-state index in [4.69, 9.17) is 9.84 Å². The van der Waals surface area contributed by atoms with Gasteiger partial charge in [0.25, 0.3) is 5.91 Å². The van der Waals surface area contributed by atoms with Gasteiger partial charge >= 0.3 is 0 Å². The number of benzene rings is 1. The van der Waals surface area contributed by atoms with Gasteiger partial charge in [0, 0.05) is 36.7 Å². The Morgan fingerprint density at radius 3 is 2.90 bits per heavy atom. The molecule has 160 valence electrons. The number of fused-ring (bicyclic) bond motifs is 2. The van der Waals surface area contributed by atoms with Crippen LogP contribution in [0.1, 0.15) is 42.1 Å². The van der Waals surface area contributed by atoms with Crippen LogP contribution in [0, 0.1) is 5.92 Å². The summed E-state index contributed by atoms with van der Waals surface area (Å²) in [5.74, 6) is 0.637. The van der Waals surface area contributed by atoms with E-state index < -0.39 is 0 Å². The Hall–Kier alpha value is -3.46. The monoisotopic (exact) mass is 420 g/mol. The van der Waals surface area contributed by atoms with E-state index in [1.807, 2.05) is 23.0 Å². The van der Waals surface area contributed by atoms with Gasteiger partial charge in [0.2, 0.25) is 0 Å². The topological polar surface area (TPSA) is 107 Å². The number of hydrogen-bond acceptors (Lipinski definition) is 6. The molecule has 9 nitrogen and oxygen atoms in total. The highest BCUT2D eigenvalue weighted by atomic mass is 16.5. The fourth-order valence-electron chi connectivity index (χ4n) is 4.29. The predicted molar refractivity (Wildman–Crippen MR) is 115 cm³/mol. The molecule has 1 fully saturated rings. The Balaban J connectivity index is 1.42. The molecule has 5 rings (SSSR count). The molecule has 0 spiro atoms. The Morgan fingerprint density at radius 2 is 2.13 bits per heavy atom. The minimum absolute atomic E-state index is 0.260. The number of carbonyl (C=O) groups excluding carboxylic acids is 1. The lowest BCUT2D eigenvalue weighted by Crippen LogP contribution is -2.20. The summed E-state index contributed by atoms with van der Waals surface area (Å²) in [6, 6.07) is 5.81. The number of hydrogen-bond donors (Lipinski definition) is 2. The zero-order valence-electron chi connectivity index (χ0n) is 17.2. The van der Waals surface area contributed by atoms with E-state index in [-0.39, 0.29) is 12.5 Å². The molecule has 9 heteroatoms. The SMILES string of the molecule is COc1cc2nn(C3CCC(CO)CC3)cc2cc1NC(=O)c1cnn2cccnc12. The van der Waals surface area contributed by atoms with Crippen molar-refractivity contribution >= 4 is 28.1 Å². The van der Waals surface area contributed by atoms with Crippen LogP contribution < -0.4 is 10.1 Å². The normalized spacial score (nSPS) is 19.0. The highest BCUT2D eigenvalue weighted by Crippen LogP contribution is 2.35. The number of aliphatic hydroxyl groups is 1. The molecule has 3 heterocycles. The lowest BCUT2D eigenvalue weighted by Gasteiger charge is -2.27. The van der Waals surface area contributed by atoms with Crippen LogP contribution in [0.5, 0.6) is 5.75 Å². The third-order valence-corrected chi connectivity index (χ3v) is 6.06. The molecule has 1 amide bonds. The van der Waals surface area contributed by atoms with Crippen LogP contribution in [0.2, 0.25) is 0 Å². The summed E-state index contributed by atoms with van der Waals surface area (Å²) in [5.41, 5.74) is 2.26.